The Hall–Kier alpha value is -2.61. The van der Waals surface area contributed by atoms with E-state index in [9.17, 15) is 26.7 Å². The summed E-state index contributed by atoms with van der Waals surface area (Å²) in [6, 6.07) is 6.81. The van der Waals surface area contributed by atoms with Gasteiger partial charge in [-0.3, -0.25) is 4.79 Å². The van der Waals surface area contributed by atoms with Crippen LogP contribution in [0.1, 0.15) is 5.56 Å². The van der Waals surface area contributed by atoms with Gasteiger partial charge in [0, 0.05) is 37.3 Å². The molecule has 2 aromatic carbocycles. The summed E-state index contributed by atoms with van der Waals surface area (Å²) in [6.45, 7) is 0.00429. The molecule has 1 aliphatic rings. The molecule has 9 heteroatoms. The summed E-state index contributed by atoms with van der Waals surface area (Å²) in [5.74, 6) is -10.2. The van der Waals surface area contributed by atoms with Crippen molar-refractivity contribution in [1.82, 2.24) is 4.90 Å². The standard InChI is InChI=1S/C19H14ClF5N2O/c20-12-4-1-11(2-5-12)3-6-13(28)26-7-9-27(10-8-26)19-17(24)15(22)14(21)16(23)18(19)25/h1-6H,7-10H2. The minimum Gasteiger partial charge on any atom is -0.363 e. The molecule has 1 fully saturated rings. The quantitative estimate of drug-likeness (QED) is 0.320. The maximum absolute atomic E-state index is 13.9. The zero-order chi connectivity index (χ0) is 20.4. The highest BCUT2D eigenvalue weighted by molar-refractivity contribution is 6.30. The molecule has 2 aromatic rings. The molecule has 0 unspecified atom stereocenters. The highest BCUT2D eigenvalue weighted by atomic mass is 35.5. The van der Waals surface area contributed by atoms with E-state index in [1.54, 1.807) is 30.3 Å². The van der Waals surface area contributed by atoms with E-state index in [1.807, 2.05) is 0 Å². The summed E-state index contributed by atoms with van der Waals surface area (Å²) in [5.41, 5.74) is -0.210. The average Bonchev–Trinajstić information content (AvgIpc) is 2.71. The Bertz CT molecular complexity index is 896. The smallest absolute Gasteiger partial charge is 0.246 e. The highest BCUT2D eigenvalue weighted by Crippen LogP contribution is 2.30. The molecule has 3 rings (SSSR count). The second-order valence-electron chi connectivity index (χ2n) is 6.12. The fraction of sp³-hybridized carbons (Fsp3) is 0.211. The van der Waals surface area contributed by atoms with Gasteiger partial charge >= 0.3 is 0 Å². The van der Waals surface area contributed by atoms with E-state index >= 15 is 0 Å². The normalized spacial score (nSPS) is 14.8. The lowest BCUT2D eigenvalue weighted by Crippen LogP contribution is -2.49. The third-order valence-electron chi connectivity index (χ3n) is 4.38. The number of piperazine rings is 1. The Morgan fingerprint density at radius 3 is 1.86 bits per heavy atom. The molecule has 0 bridgehead atoms. The molecule has 1 amide bonds. The Morgan fingerprint density at radius 2 is 1.32 bits per heavy atom. The maximum Gasteiger partial charge on any atom is 0.246 e. The second-order valence-corrected chi connectivity index (χ2v) is 6.55. The maximum atomic E-state index is 13.9. The number of carbonyl (C=O) groups excluding carboxylic acids is 1. The van der Waals surface area contributed by atoms with Gasteiger partial charge in [0.1, 0.15) is 5.69 Å². The molecule has 1 aliphatic heterocycles. The number of benzene rings is 2. The molecular weight excluding hydrogens is 403 g/mol. The fourth-order valence-electron chi connectivity index (χ4n) is 2.87. The van der Waals surface area contributed by atoms with Crippen LogP contribution >= 0.6 is 11.6 Å². The predicted molar refractivity (Wildman–Crippen MR) is 95.5 cm³/mol. The van der Waals surface area contributed by atoms with E-state index in [2.05, 4.69) is 0 Å². The number of amides is 1. The van der Waals surface area contributed by atoms with Crippen LogP contribution in [-0.4, -0.2) is 37.0 Å². The van der Waals surface area contributed by atoms with Crippen LogP contribution < -0.4 is 4.90 Å². The molecule has 0 saturated carbocycles. The first-order valence-electron chi connectivity index (χ1n) is 8.28. The zero-order valence-corrected chi connectivity index (χ0v) is 15.1. The largest absolute Gasteiger partial charge is 0.363 e. The van der Waals surface area contributed by atoms with Crippen LogP contribution in [0.5, 0.6) is 0 Å². The molecular formula is C19H14ClF5N2O. The first kappa shape index (κ1) is 20.1. The van der Waals surface area contributed by atoms with Crippen molar-refractivity contribution < 1.29 is 26.7 Å². The van der Waals surface area contributed by atoms with Gasteiger partial charge in [-0.05, 0) is 23.8 Å². The van der Waals surface area contributed by atoms with Crippen molar-refractivity contribution in [2.75, 3.05) is 31.1 Å². The Kier molecular flexibility index (Phi) is 5.88. The van der Waals surface area contributed by atoms with Crippen LogP contribution in [0.15, 0.2) is 30.3 Å². The summed E-state index contributed by atoms with van der Waals surface area (Å²) in [6.07, 6.45) is 2.94. The molecule has 0 N–H and O–H groups in total. The first-order chi connectivity index (χ1) is 13.3. The number of rotatable bonds is 3. The number of hydrogen-bond acceptors (Lipinski definition) is 2. The molecule has 0 aromatic heterocycles. The van der Waals surface area contributed by atoms with Crippen LogP contribution in [-0.2, 0) is 4.79 Å². The van der Waals surface area contributed by atoms with Gasteiger partial charge in [-0.15, -0.1) is 0 Å². The molecule has 1 saturated heterocycles. The van der Waals surface area contributed by atoms with Gasteiger partial charge in [-0.25, -0.2) is 22.0 Å². The lowest BCUT2D eigenvalue weighted by atomic mass is 10.2. The predicted octanol–water partition coefficient (Wildman–Crippen LogP) is 4.40. The fourth-order valence-corrected chi connectivity index (χ4v) is 2.99. The highest BCUT2D eigenvalue weighted by Gasteiger charge is 2.31. The third-order valence-corrected chi connectivity index (χ3v) is 4.63. The Balaban J connectivity index is 1.68. The molecule has 3 nitrogen and oxygen atoms in total. The van der Waals surface area contributed by atoms with E-state index in [0.717, 1.165) is 10.5 Å². The van der Waals surface area contributed by atoms with Crippen molar-refractivity contribution in [3.63, 3.8) is 0 Å². The van der Waals surface area contributed by atoms with Crippen LogP contribution in [0.2, 0.25) is 5.02 Å². The van der Waals surface area contributed by atoms with E-state index in [-0.39, 0.29) is 32.1 Å². The van der Waals surface area contributed by atoms with Crippen LogP contribution in [0, 0.1) is 29.1 Å². The Labute approximate surface area is 162 Å². The van der Waals surface area contributed by atoms with Crippen molar-refractivity contribution >= 4 is 29.3 Å². The second kappa shape index (κ2) is 8.18. The average molecular weight is 417 g/mol. The number of hydrogen-bond donors (Lipinski definition) is 0. The van der Waals surface area contributed by atoms with E-state index in [0.29, 0.717) is 5.02 Å². The number of nitrogens with zero attached hydrogens (tertiary/aromatic N) is 2. The van der Waals surface area contributed by atoms with Crippen molar-refractivity contribution in [3.05, 3.63) is 70.0 Å². The molecule has 0 aliphatic carbocycles. The number of halogens is 6. The molecule has 0 radical (unpaired) electrons. The van der Waals surface area contributed by atoms with Crippen molar-refractivity contribution in [2.45, 2.75) is 0 Å². The van der Waals surface area contributed by atoms with Crippen LogP contribution in [0.4, 0.5) is 27.6 Å². The van der Waals surface area contributed by atoms with Crippen LogP contribution in [0.3, 0.4) is 0 Å². The first-order valence-corrected chi connectivity index (χ1v) is 8.66. The number of anilines is 1. The third kappa shape index (κ3) is 3.96. The van der Waals surface area contributed by atoms with Gasteiger partial charge in [0.05, 0.1) is 0 Å². The van der Waals surface area contributed by atoms with Crippen LogP contribution in [0.25, 0.3) is 6.08 Å². The monoisotopic (exact) mass is 416 g/mol. The summed E-state index contributed by atoms with van der Waals surface area (Å²) >= 11 is 5.79. The summed E-state index contributed by atoms with van der Waals surface area (Å²) < 4.78 is 67.8. The lowest BCUT2D eigenvalue weighted by Gasteiger charge is -2.36. The van der Waals surface area contributed by atoms with Crippen molar-refractivity contribution in [3.8, 4) is 0 Å². The molecule has 1 heterocycles. The van der Waals surface area contributed by atoms with Gasteiger partial charge in [0.2, 0.25) is 11.7 Å². The lowest BCUT2D eigenvalue weighted by molar-refractivity contribution is -0.126. The summed E-state index contributed by atoms with van der Waals surface area (Å²) in [7, 11) is 0. The van der Waals surface area contributed by atoms with Gasteiger partial charge in [-0.1, -0.05) is 23.7 Å². The summed E-state index contributed by atoms with van der Waals surface area (Å²) in [4.78, 5) is 14.7. The van der Waals surface area contributed by atoms with E-state index < -0.39 is 34.8 Å². The van der Waals surface area contributed by atoms with E-state index in [1.165, 1.54) is 11.0 Å². The van der Waals surface area contributed by atoms with Gasteiger partial charge in [-0.2, -0.15) is 0 Å². The van der Waals surface area contributed by atoms with E-state index in [4.69, 9.17) is 11.6 Å². The molecule has 148 valence electrons. The van der Waals surface area contributed by atoms with Gasteiger partial charge in [0.25, 0.3) is 0 Å². The Morgan fingerprint density at radius 1 is 0.821 bits per heavy atom. The molecule has 0 atom stereocenters. The molecule has 0 spiro atoms. The van der Waals surface area contributed by atoms with Crippen molar-refractivity contribution in [1.29, 1.82) is 0 Å². The zero-order valence-electron chi connectivity index (χ0n) is 14.4. The minimum atomic E-state index is -2.19. The summed E-state index contributed by atoms with van der Waals surface area (Å²) in [5, 5.41) is 0.563. The SMILES string of the molecule is O=C(C=Cc1ccc(Cl)cc1)N1CCN(c2c(F)c(F)c(F)c(F)c2F)CC1. The van der Waals surface area contributed by atoms with Gasteiger partial charge < -0.3 is 9.80 Å². The number of carbonyl (C=O) groups is 1. The van der Waals surface area contributed by atoms with Crippen molar-refractivity contribution in [2.24, 2.45) is 0 Å². The molecule has 28 heavy (non-hydrogen) atoms. The topological polar surface area (TPSA) is 23.6 Å². The minimum absolute atomic E-state index is 0.0706. The van der Waals surface area contributed by atoms with Gasteiger partial charge in [0.15, 0.2) is 23.3 Å².